The minimum absolute atomic E-state index is 0.194. The average molecular weight is 251 g/mol. The van der Waals surface area contributed by atoms with Gasteiger partial charge in [0.05, 0.1) is 0 Å². The van der Waals surface area contributed by atoms with Crippen LogP contribution in [0, 0.1) is 11.7 Å². The molecule has 4 nitrogen and oxygen atoms in total. The summed E-state index contributed by atoms with van der Waals surface area (Å²) in [6, 6.07) is 5.65. The smallest absolute Gasteiger partial charge is 0.319 e. The minimum Gasteiger partial charge on any atom is -0.335 e. The molecule has 1 saturated carbocycles. The monoisotopic (exact) mass is 251 g/mol. The van der Waals surface area contributed by atoms with Crippen molar-refractivity contribution in [2.24, 2.45) is 11.7 Å². The van der Waals surface area contributed by atoms with Crippen molar-refractivity contribution < 1.29 is 9.18 Å². The van der Waals surface area contributed by atoms with Gasteiger partial charge in [-0.3, -0.25) is 0 Å². The molecule has 0 aromatic heterocycles. The Labute approximate surface area is 106 Å². The van der Waals surface area contributed by atoms with Gasteiger partial charge in [-0.15, -0.1) is 0 Å². The molecule has 0 bridgehead atoms. The molecule has 2 rings (SSSR count). The van der Waals surface area contributed by atoms with E-state index >= 15 is 0 Å². The van der Waals surface area contributed by atoms with Gasteiger partial charge in [0.2, 0.25) is 0 Å². The maximum absolute atomic E-state index is 12.7. The summed E-state index contributed by atoms with van der Waals surface area (Å²) in [6.45, 7) is 0.678. The van der Waals surface area contributed by atoms with E-state index in [4.69, 9.17) is 5.73 Å². The molecule has 18 heavy (non-hydrogen) atoms. The van der Waals surface area contributed by atoms with Crippen LogP contribution in [0.2, 0.25) is 0 Å². The zero-order chi connectivity index (χ0) is 13.0. The lowest BCUT2D eigenvalue weighted by Gasteiger charge is -2.13. The Bertz CT molecular complexity index is 407. The fraction of sp³-hybridized carbons (Fsp3) is 0.462. The molecule has 1 fully saturated rings. The van der Waals surface area contributed by atoms with Crippen molar-refractivity contribution in [1.29, 1.82) is 0 Å². The van der Waals surface area contributed by atoms with E-state index in [0.29, 0.717) is 18.2 Å². The van der Waals surface area contributed by atoms with Crippen LogP contribution in [0.3, 0.4) is 0 Å². The van der Waals surface area contributed by atoms with E-state index in [1.807, 2.05) is 0 Å². The third-order valence-corrected chi connectivity index (χ3v) is 3.31. The molecule has 0 radical (unpaired) electrons. The lowest BCUT2D eigenvalue weighted by atomic mass is 10.1. The number of hydrogen-bond donors (Lipinski definition) is 3. The van der Waals surface area contributed by atoms with Crippen molar-refractivity contribution in [2.45, 2.75) is 25.3 Å². The fourth-order valence-electron chi connectivity index (χ4n) is 2.31. The molecular weight excluding hydrogens is 233 g/mol. The highest BCUT2D eigenvalue weighted by atomic mass is 19.1. The van der Waals surface area contributed by atoms with E-state index in [9.17, 15) is 9.18 Å². The second-order valence-electron chi connectivity index (χ2n) is 4.72. The molecule has 1 aromatic carbocycles. The Morgan fingerprint density at radius 1 is 1.33 bits per heavy atom. The number of nitrogens with one attached hydrogen (secondary N) is 2. The molecule has 0 aliphatic heterocycles. The van der Waals surface area contributed by atoms with Crippen molar-refractivity contribution in [2.75, 3.05) is 11.9 Å². The normalized spacial score (nSPS) is 22.8. The zero-order valence-corrected chi connectivity index (χ0v) is 10.2. The first-order valence-electron chi connectivity index (χ1n) is 6.20. The van der Waals surface area contributed by atoms with Crippen LogP contribution in [0.25, 0.3) is 0 Å². The van der Waals surface area contributed by atoms with Crippen LogP contribution in [-0.2, 0) is 0 Å². The number of halogens is 1. The van der Waals surface area contributed by atoms with E-state index in [-0.39, 0.29) is 17.9 Å². The highest BCUT2D eigenvalue weighted by Crippen LogP contribution is 2.24. The van der Waals surface area contributed by atoms with Gasteiger partial charge in [-0.2, -0.15) is 0 Å². The van der Waals surface area contributed by atoms with Crippen LogP contribution in [0.15, 0.2) is 24.3 Å². The molecule has 5 heteroatoms. The number of nitrogens with two attached hydrogens (primary N) is 1. The molecule has 2 unspecified atom stereocenters. The zero-order valence-electron chi connectivity index (χ0n) is 10.2. The van der Waals surface area contributed by atoms with Crippen molar-refractivity contribution in [1.82, 2.24) is 5.32 Å². The summed E-state index contributed by atoms with van der Waals surface area (Å²) < 4.78 is 12.7. The Morgan fingerprint density at radius 2 is 2.06 bits per heavy atom. The van der Waals surface area contributed by atoms with E-state index in [1.165, 1.54) is 24.3 Å². The molecule has 0 saturated heterocycles. The second-order valence-corrected chi connectivity index (χ2v) is 4.72. The summed E-state index contributed by atoms with van der Waals surface area (Å²) in [5, 5.41) is 5.59. The molecule has 4 N–H and O–H groups in total. The highest BCUT2D eigenvalue weighted by Gasteiger charge is 2.24. The van der Waals surface area contributed by atoms with Crippen molar-refractivity contribution >= 4 is 11.7 Å². The lowest BCUT2D eigenvalue weighted by molar-refractivity contribution is 0.248. The predicted octanol–water partition coefficient (Wildman–Crippen LogP) is 2.07. The summed E-state index contributed by atoms with van der Waals surface area (Å²) in [6.07, 6.45) is 2.98. The van der Waals surface area contributed by atoms with Gasteiger partial charge < -0.3 is 16.4 Å². The third kappa shape index (κ3) is 3.43. The fourth-order valence-corrected chi connectivity index (χ4v) is 2.31. The highest BCUT2D eigenvalue weighted by molar-refractivity contribution is 5.89. The molecule has 98 valence electrons. The van der Waals surface area contributed by atoms with Gasteiger partial charge in [-0.05, 0) is 56.0 Å². The van der Waals surface area contributed by atoms with Gasteiger partial charge in [-0.25, -0.2) is 9.18 Å². The van der Waals surface area contributed by atoms with E-state index in [0.717, 1.165) is 19.3 Å². The molecule has 1 aliphatic rings. The summed E-state index contributed by atoms with van der Waals surface area (Å²) in [5.41, 5.74) is 6.19. The molecule has 0 heterocycles. The van der Waals surface area contributed by atoms with E-state index < -0.39 is 0 Å². The Hall–Kier alpha value is -1.62. The van der Waals surface area contributed by atoms with Gasteiger partial charge in [0.25, 0.3) is 0 Å². The maximum atomic E-state index is 12.7. The number of carbonyl (C=O) groups excluding carboxylic acids is 1. The first-order chi connectivity index (χ1) is 8.67. The molecule has 2 atom stereocenters. The molecule has 1 aliphatic carbocycles. The number of carbonyl (C=O) groups is 1. The molecule has 2 amide bonds. The summed E-state index contributed by atoms with van der Waals surface area (Å²) in [7, 11) is 0. The standard InChI is InChI=1S/C13H18FN3O/c14-10-2-5-11(6-3-10)16-13(18)17-12-4-1-9(7-12)8-15/h2-3,5-6,9,12H,1,4,7-8,15H2,(H2,16,17,18). The Morgan fingerprint density at radius 3 is 2.67 bits per heavy atom. The molecule has 1 aromatic rings. The van der Waals surface area contributed by atoms with E-state index in [2.05, 4.69) is 10.6 Å². The van der Waals surface area contributed by atoms with Crippen LogP contribution in [-0.4, -0.2) is 18.6 Å². The van der Waals surface area contributed by atoms with Crippen molar-refractivity contribution in [3.05, 3.63) is 30.1 Å². The lowest BCUT2D eigenvalue weighted by Crippen LogP contribution is -2.36. The number of anilines is 1. The maximum Gasteiger partial charge on any atom is 0.319 e. The summed E-state index contributed by atoms with van der Waals surface area (Å²) >= 11 is 0. The average Bonchev–Trinajstić information content (AvgIpc) is 2.79. The first-order valence-corrected chi connectivity index (χ1v) is 6.20. The number of amides is 2. The van der Waals surface area contributed by atoms with Crippen LogP contribution < -0.4 is 16.4 Å². The van der Waals surface area contributed by atoms with Crippen LogP contribution >= 0.6 is 0 Å². The van der Waals surface area contributed by atoms with Gasteiger partial charge in [0.1, 0.15) is 5.82 Å². The largest absolute Gasteiger partial charge is 0.335 e. The Balaban J connectivity index is 1.80. The molecular formula is C13H18FN3O. The number of urea groups is 1. The summed E-state index contributed by atoms with van der Waals surface area (Å²) in [4.78, 5) is 11.7. The number of hydrogen-bond acceptors (Lipinski definition) is 2. The SMILES string of the molecule is NCC1CCC(NC(=O)Nc2ccc(F)cc2)C1. The third-order valence-electron chi connectivity index (χ3n) is 3.31. The predicted molar refractivity (Wildman–Crippen MR) is 68.7 cm³/mol. The number of benzene rings is 1. The first kappa shape index (κ1) is 12.8. The second kappa shape index (κ2) is 5.82. The number of rotatable bonds is 3. The van der Waals surface area contributed by atoms with E-state index in [1.54, 1.807) is 0 Å². The van der Waals surface area contributed by atoms with Crippen LogP contribution in [0.4, 0.5) is 14.9 Å². The topological polar surface area (TPSA) is 67.1 Å². The Kier molecular flexibility index (Phi) is 4.15. The quantitative estimate of drug-likeness (QED) is 0.770. The van der Waals surface area contributed by atoms with Gasteiger partial charge in [-0.1, -0.05) is 0 Å². The minimum atomic E-state index is -0.317. The van der Waals surface area contributed by atoms with Crippen molar-refractivity contribution in [3.63, 3.8) is 0 Å². The van der Waals surface area contributed by atoms with Gasteiger partial charge in [0, 0.05) is 11.7 Å². The summed E-state index contributed by atoms with van der Waals surface area (Å²) in [5.74, 6) is 0.198. The van der Waals surface area contributed by atoms with Crippen LogP contribution in [0.5, 0.6) is 0 Å². The van der Waals surface area contributed by atoms with Gasteiger partial charge in [0.15, 0.2) is 0 Å². The van der Waals surface area contributed by atoms with Crippen LogP contribution in [0.1, 0.15) is 19.3 Å². The van der Waals surface area contributed by atoms with Crippen molar-refractivity contribution in [3.8, 4) is 0 Å². The molecule has 0 spiro atoms. The van der Waals surface area contributed by atoms with Gasteiger partial charge >= 0.3 is 6.03 Å².